The summed E-state index contributed by atoms with van der Waals surface area (Å²) < 4.78 is 6.05. The lowest BCUT2D eigenvalue weighted by molar-refractivity contribution is 0.487. The second kappa shape index (κ2) is 8.88. The van der Waals surface area contributed by atoms with Crippen molar-refractivity contribution in [1.29, 1.82) is 0 Å². The molecule has 3 rings (SSSR count). The molecule has 0 bridgehead atoms. The number of hydrogen-bond acceptors (Lipinski definition) is 2. The van der Waals surface area contributed by atoms with Crippen LogP contribution in [-0.2, 0) is 6.42 Å². The molecule has 0 amide bonds. The van der Waals surface area contributed by atoms with Crippen LogP contribution in [0.4, 0.5) is 0 Å². The van der Waals surface area contributed by atoms with Crippen LogP contribution in [0, 0.1) is 0 Å². The second-order valence-electron chi connectivity index (χ2n) is 5.93. The largest absolute Gasteiger partial charge is 0.457 e. The van der Waals surface area contributed by atoms with Gasteiger partial charge in [-0.1, -0.05) is 47.5 Å². The molecular weight excluding hydrogens is 365 g/mol. The van der Waals surface area contributed by atoms with Gasteiger partial charge in [0.2, 0.25) is 0 Å². The molecule has 0 saturated heterocycles. The summed E-state index contributed by atoms with van der Waals surface area (Å²) in [6.07, 6.45) is 6.22. The molecule has 1 heterocycles. The van der Waals surface area contributed by atoms with Gasteiger partial charge in [-0.25, -0.2) is 0 Å². The Kier molecular flexibility index (Phi) is 6.32. The first-order chi connectivity index (χ1) is 12.7. The van der Waals surface area contributed by atoms with Gasteiger partial charge in [0.05, 0.1) is 5.52 Å². The minimum Gasteiger partial charge on any atom is -0.457 e. The Morgan fingerprint density at radius 3 is 2.62 bits per heavy atom. The van der Waals surface area contributed by atoms with Crippen molar-refractivity contribution >= 4 is 34.1 Å². The monoisotopic (exact) mass is 383 g/mol. The third kappa shape index (κ3) is 4.66. The Morgan fingerprint density at radius 2 is 1.85 bits per heavy atom. The lowest BCUT2D eigenvalue weighted by Gasteiger charge is -2.09. The normalized spacial score (nSPS) is 12.4. The molecular formula is C22H19Cl2NO. The highest BCUT2D eigenvalue weighted by molar-refractivity contribution is 6.31. The molecule has 0 aliphatic carbocycles. The maximum Gasteiger partial charge on any atom is 0.138 e. The number of ether oxygens (including phenoxy) is 1. The summed E-state index contributed by atoms with van der Waals surface area (Å²) in [6, 6.07) is 17.9. The Hall–Kier alpha value is -2.29. The third-order valence-electron chi connectivity index (χ3n) is 3.99. The Morgan fingerprint density at radius 1 is 1.08 bits per heavy atom. The van der Waals surface area contributed by atoms with Crippen LogP contribution in [0.3, 0.4) is 0 Å². The van der Waals surface area contributed by atoms with Crippen LogP contribution in [0.1, 0.15) is 12.5 Å². The number of pyridine rings is 1. The summed E-state index contributed by atoms with van der Waals surface area (Å²) >= 11 is 11.9. The lowest BCUT2D eigenvalue weighted by atomic mass is 10.1. The van der Waals surface area contributed by atoms with Crippen molar-refractivity contribution in [3.8, 4) is 11.5 Å². The van der Waals surface area contributed by atoms with Crippen LogP contribution in [0.15, 0.2) is 83.6 Å². The van der Waals surface area contributed by atoms with E-state index >= 15 is 0 Å². The molecule has 0 atom stereocenters. The predicted octanol–water partition coefficient (Wildman–Crippen LogP) is 6.88. The van der Waals surface area contributed by atoms with E-state index in [1.165, 1.54) is 5.56 Å². The summed E-state index contributed by atoms with van der Waals surface area (Å²) in [5.74, 6) is 2.05. The summed E-state index contributed by atoms with van der Waals surface area (Å²) in [7, 11) is 0. The van der Waals surface area contributed by atoms with Crippen LogP contribution < -0.4 is 4.74 Å². The molecule has 0 aliphatic heterocycles. The van der Waals surface area contributed by atoms with Crippen molar-refractivity contribution < 1.29 is 4.74 Å². The highest BCUT2D eigenvalue weighted by atomic mass is 35.5. The Labute approximate surface area is 163 Å². The number of alkyl halides is 1. The van der Waals surface area contributed by atoms with Gasteiger partial charge in [-0.15, -0.1) is 11.6 Å². The Bertz CT molecular complexity index is 941. The summed E-state index contributed by atoms with van der Waals surface area (Å²) in [6.45, 7) is 2.02. The van der Waals surface area contributed by atoms with E-state index < -0.39 is 0 Å². The average molecular weight is 384 g/mol. The molecule has 2 nitrogen and oxygen atoms in total. The zero-order valence-electron chi connectivity index (χ0n) is 14.5. The van der Waals surface area contributed by atoms with E-state index in [0.717, 1.165) is 39.4 Å². The summed E-state index contributed by atoms with van der Waals surface area (Å²) in [5, 5.41) is 1.73. The molecule has 0 radical (unpaired) electrons. The number of aromatic nitrogens is 1. The molecule has 4 heteroatoms. The van der Waals surface area contributed by atoms with Crippen molar-refractivity contribution in [3.05, 3.63) is 89.1 Å². The fourth-order valence-electron chi connectivity index (χ4n) is 2.64. The standard InChI is InChI=1S/C22H19Cl2NO/c1-16(20(24)6-4-13-23)15-17-8-10-18(11-9-17)26-22-12-14-25-21-7-3-2-5-19(21)22/h2-12,14H,13,15H2,1H3/b6-4-,20-16-. The predicted molar refractivity (Wildman–Crippen MR) is 110 cm³/mol. The van der Waals surface area contributed by atoms with Crippen LogP contribution in [0.2, 0.25) is 0 Å². The number of allylic oxidation sites excluding steroid dienone is 4. The SMILES string of the molecule is C/C(Cc1ccc(Oc2ccnc3ccccc23)cc1)=C(Cl)\C=C/CCl. The number of rotatable bonds is 6. The number of fused-ring (bicyclic) bond motifs is 1. The molecule has 0 saturated carbocycles. The van der Waals surface area contributed by atoms with Gasteiger partial charge >= 0.3 is 0 Å². The van der Waals surface area contributed by atoms with Crippen LogP contribution in [0.25, 0.3) is 10.9 Å². The Balaban J connectivity index is 1.75. The van der Waals surface area contributed by atoms with Gasteiger partial charge in [-0.3, -0.25) is 4.98 Å². The van der Waals surface area contributed by atoms with Crippen molar-refractivity contribution in [1.82, 2.24) is 4.98 Å². The number of halogens is 2. The van der Waals surface area contributed by atoms with Gasteiger partial charge in [0.25, 0.3) is 0 Å². The van der Waals surface area contributed by atoms with Crippen LogP contribution in [-0.4, -0.2) is 10.9 Å². The molecule has 0 fully saturated rings. The van der Waals surface area contributed by atoms with Crippen LogP contribution in [0.5, 0.6) is 11.5 Å². The quantitative estimate of drug-likeness (QED) is 0.341. The molecule has 132 valence electrons. The first kappa shape index (κ1) is 18.5. The smallest absolute Gasteiger partial charge is 0.138 e. The highest BCUT2D eigenvalue weighted by Crippen LogP contribution is 2.29. The zero-order chi connectivity index (χ0) is 18.4. The molecule has 1 aromatic heterocycles. The minimum atomic E-state index is 0.458. The number of nitrogens with zero attached hydrogens (tertiary/aromatic N) is 1. The van der Waals surface area contributed by atoms with Crippen molar-refractivity contribution in [2.45, 2.75) is 13.3 Å². The van der Waals surface area contributed by atoms with E-state index in [2.05, 4.69) is 17.1 Å². The maximum absolute atomic E-state index is 6.26. The molecule has 0 spiro atoms. The molecule has 2 aromatic carbocycles. The van der Waals surface area contributed by atoms with Crippen molar-refractivity contribution in [2.24, 2.45) is 0 Å². The van der Waals surface area contributed by atoms with E-state index in [9.17, 15) is 0 Å². The van der Waals surface area contributed by atoms with Crippen molar-refractivity contribution in [2.75, 3.05) is 5.88 Å². The number of benzene rings is 2. The molecule has 0 aliphatic rings. The number of hydrogen-bond donors (Lipinski definition) is 0. The molecule has 0 N–H and O–H groups in total. The highest BCUT2D eigenvalue weighted by Gasteiger charge is 2.05. The summed E-state index contributed by atoms with van der Waals surface area (Å²) in [5.41, 5.74) is 3.19. The molecule has 26 heavy (non-hydrogen) atoms. The van der Waals surface area contributed by atoms with E-state index in [1.807, 2.05) is 61.5 Å². The second-order valence-corrected chi connectivity index (χ2v) is 6.65. The van der Waals surface area contributed by atoms with Crippen LogP contribution >= 0.6 is 23.2 Å². The first-order valence-corrected chi connectivity index (χ1v) is 9.27. The minimum absolute atomic E-state index is 0.458. The topological polar surface area (TPSA) is 22.1 Å². The van der Waals surface area contributed by atoms with Gasteiger partial charge in [-0.2, -0.15) is 0 Å². The van der Waals surface area contributed by atoms with E-state index in [1.54, 1.807) is 6.20 Å². The van der Waals surface area contributed by atoms with Crippen molar-refractivity contribution in [3.63, 3.8) is 0 Å². The lowest BCUT2D eigenvalue weighted by Crippen LogP contribution is -1.91. The average Bonchev–Trinajstić information content (AvgIpc) is 2.68. The zero-order valence-corrected chi connectivity index (χ0v) is 16.0. The first-order valence-electron chi connectivity index (χ1n) is 8.35. The number of para-hydroxylation sites is 1. The fourth-order valence-corrected chi connectivity index (χ4v) is 2.89. The fraction of sp³-hybridized carbons (Fsp3) is 0.136. The van der Waals surface area contributed by atoms with Gasteiger partial charge in [-0.05, 0) is 55.3 Å². The molecule has 0 unspecified atom stereocenters. The van der Waals surface area contributed by atoms with Gasteiger partial charge in [0.15, 0.2) is 0 Å². The van der Waals surface area contributed by atoms with E-state index in [-0.39, 0.29) is 0 Å². The molecule has 3 aromatic rings. The van der Waals surface area contributed by atoms with E-state index in [0.29, 0.717) is 5.88 Å². The summed E-state index contributed by atoms with van der Waals surface area (Å²) in [4.78, 5) is 4.36. The third-order valence-corrected chi connectivity index (χ3v) is 4.62. The van der Waals surface area contributed by atoms with Gasteiger partial charge in [0, 0.05) is 22.5 Å². The van der Waals surface area contributed by atoms with Gasteiger partial charge in [0.1, 0.15) is 11.5 Å². The maximum atomic E-state index is 6.26. The van der Waals surface area contributed by atoms with Gasteiger partial charge < -0.3 is 4.74 Å². The van der Waals surface area contributed by atoms with E-state index in [4.69, 9.17) is 27.9 Å².